The number of ether oxygens (including phenoxy) is 2. The quantitative estimate of drug-likeness (QED) is 0.552. The summed E-state index contributed by atoms with van der Waals surface area (Å²) in [6.45, 7) is 2.38. The molecular formula is C25H21FN2O4. The number of rotatable bonds is 7. The zero-order valence-corrected chi connectivity index (χ0v) is 17.6. The summed E-state index contributed by atoms with van der Waals surface area (Å²) in [6.07, 6.45) is 0. The third-order valence-corrected chi connectivity index (χ3v) is 4.96. The summed E-state index contributed by atoms with van der Waals surface area (Å²) in [5, 5.41) is 3.09. The fraction of sp³-hybridized carbons (Fsp3) is 0.120. The Balaban J connectivity index is 1.78. The Hall–Kier alpha value is -4.13. The highest BCUT2D eigenvalue weighted by atomic mass is 19.1. The number of nitrogens with zero attached hydrogens (tertiary/aromatic N) is 1. The Labute approximate surface area is 184 Å². The van der Waals surface area contributed by atoms with Crippen molar-refractivity contribution in [3.05, 3.63) is 89.9 Å². The summed E-state index contributed by atoms with van der Waals surface area (Å²) in [5.74, 6) is -0.233. The van der Waals surface area contributed by atoms with E-state index < -0.39 is 17.6 Å². The van der Waals surface area contributed by atoms with E-state index in [1.807, 2.05) is 6.92 Å². The van der Waals surface area contributed by atoms with Crippen molar-refractivity contribution in [2.24, 2.45) is 0 Å². The van der Waals surface area contributed by atoms with Crippen LogP contribution in [0.4, 0.5) is 15.8 Å². The predicted octanol–water partition coefficient (Wildman–Crippen LogP) is 4.63. The van der Waals surface area contributed by atoms with Gasteiger partial charge in [-0.25, -0.2) is 9.29 Å². The van der Waals surface area contributed by atoms with E-state index in [-0.39, 0.29) is 17.0 Å². The molecule has 2 amide bonds. The average molecular weight is 432 g/mol. The van der Waals surface area contributed by atoms with Crippen molar-refractivity contribution in [3.63, 3.8) is 0 Å². The van der Waals surface area contributed by atoms with Gasteiger partial charge in [-0.1, -0.05) is 18.2 Å². The molecule has 0 saturated heterocycles. The van der Waals surface area contributed by atoms with E-state index in [1.54, 1.807) is 55.6 Å². The summed E-state index contributed by atoms with van der Waals surface area (Å²) < 4.78 is 24.1. The van der Waals surface area contributed by atoms with Gasteiger partial charge in [-0.05, 0) is 61.0 Å². The van der Waals surface area contributed by atoms with Crippen molar-refractivity contribution < 1.29 is 23.5 Å². The highest BCUT2D eigenvalue weighted by Crippen LogP contribution is 2.34. The molecule has 1 heterocycles. The van der Waals surface area contributed by atoms with Crippen LogP contribution in [-0.4, -0.2) is 25.5 Å². The first kappa shape index (κ1) is 21.1. The van der Waals surface area contributed by atoms with Gasteiger partial charge in [-0.2, -0.15) is 0 Å². The van der Waals surface area contributed by atoms with Crippen LogP contribution >= 0.6 is 0 Å². The minimum Gasteiger partial charge on any atom is -0.497 e. The van der Waals surface area contributed by atoms with Gasteiger partial charge >= 0.3 is 0 Å². The number of hydrogen-bond donors (Lipinski definition) is 1. The molecule has 6 nitrogen and oxygen atoms in total. The van der Waals surface area contributed by atoms with Gasteiger partial charge in [0.2, 0.25) is 0 Å². The maximum Gasteiger partial charge on any atom is 0.282 e. The second-order valence-electron chi connectivity index (χ2n) is 6.99. The van der Waals surface area contributed by atoms with Crippen LogP contribution in [0.2, 0.25) is 0 Å². The first-order valence-corrected chi connectivity index (χ1v) is 10.0. The molecule has 0 atom stereocenters. The maximum atomic E-state index is 13.4. The van der Waals surface area contributed by atoms with E-state index in [0.717, 1.165) is 4.90 Å². The first-order chi connectivity index (χ1) is 15.5. The number of benzene rings is 3. The monoisotopic (exact) mass is 432 g/mol. The van der Waals surface area contributed by atoms with Crippen LogP contribution in [0, 0.1) is 5.82 Å². The standard InChI is InChI=1S/C25H21FN2O4/c1-3-32-21-6-4-5-18(15-21)27-23-22(16-7-13-20(31-2)14-8-16)24(29)28(25(23)30)19-11-9-17(26)10-12-19/h4-15,27H,3H2,1-2H3. The molecule has 4 rings (SSSR count). The molecule has 3 aromatic carbocycles. The van der Waals surface area contributed by atoms with Crippen molar-refractivity contribution in [3.8, 4) is 11.5 Å². The van der Waals surface area contributed by atoms with E-state index >= 15 is 0 Å². The Bertz CT molecular complexity index is 1190. The minimum atomic E-state index is -0.533. The van der Waals surface area contributed by atoms with E-state index in [9.17, 15) is 14.0 Å². The van der Waals surface area contributed by atoms with Gasteiger partial charge in [0.05, 0.1) is 25.0 Å². The Morgan fingerprint density at radius 2 is 1.62 bits per heavy atom. The fourth-order valence-electron chi connectivity index (χ4n) is 3.47. The van der Waals surface area contributed by atoms with Gasteiger partial charge in [0.1, 0.15) is 23.0 Å². The molecule has 0 unspecified atom stereocenters. The van der Waals surface area contributed by atoms with Crippen LogP contribution in [0.5, 0.6) is 11.5 Å². The van der Waals surface area contributed by atoms with Gasteiger partial charge in [0.15, 0.2) is 0 Å². The Morgan fingerprint density at radius 1 is 0.906 bits per heavy atom. The van der Waals surface area contributed by atoms with E-state index in [0.29, 0.717) is 29.4 Å². The molecule has 32 heavy (non-hydrogen) atoms. The van der Waals surface area contributed by atoms with Crippen molar-refractivity contribution in [2.45, 2.75) is 6.92 Å². The Kier molecular flexibility index (Phi) is 5.89. The van der Waals surface area contributed by atoms with Crippen LogP contribution in [-0.2, 0) is 9.59 Å². The van der Waals surface area contributed by atoms with Gasteiger partial charge < -0.3 is 14.8 Å². The lowest BCUT2D eigenvalue weighted by Crippen LogP contribution is -2.32. The molecule has 1 aliphatic heterocycles. The molecule has 0 saturated carbocycles. The molecular weight excluding hydrogens is 411 g/mol. The van der Waals surface area contributed by atoms with Gasteiger partial charge in [0.25, 0.3) is 11.8 Å². The van der Waals surface area contributed by atoms with Crippen LogP contribution in [0.1, 0.15) is 12.5 Å². The lowest BCUT2D eigenvalue weighted by molar-refractivity contribution is -0.120. The molecule has 0 aromatic heterocycles. The molecule has 0 bridgehead atoms. The molecule has 0 fully saturated rings. The fourth-order valence-corrected chi connectivity index (χ4v) is 3.47. The number of anilines is 2. The van der Waals surface area contributed by atoms with Crippen molar-refractivity contribution in [1.29, 1.82) is 0 Å². The second-order valence-corrected chi connectivity index (χ2v) is 6.99. The van der Waals surface area contributed by atoms with Crippen LogP contribution < -0.4 is 19.7 Å². The largest absolute Gasteiger partial charge is 0.497 e. The SMILES string of the molecule is CCOc1cccc(NC2=C(c3ccc(OC)cc3)C(=O)N(c3ccc(F)cc3)C2=O)c1. The zero-order valence-electron chi connectivity index (χ0n) is 17.6. The first-order valence-electron chi connectivity index (χ1n) is 10.0. The number of nitrogens with one attached hydrogen (secondary N) is 1. The number of methoxy groups -OCH3 is 1. The second kappa shape index (κ2) is 8.93. The predicted molar refractivity (Wildman–Crippen MR) is 120 cm³/mol. The summed E-state index contributed by atoms with van der Waals surface area (Å²) in [4.78, 5) is 27.8. The lowest BCUT2D eigenvalue weighted by Gasteiger charge is -2.15. The van der Waals surface area contributed by atoms with Gasteiger partial charge in [-0.3, -0.25) is 9.59 Å². The molecule has 0 radical (unpaired) electrons. The molecule has 162 valence electrons. The zero-order chi connectivity index (χ0) is 22.7. The van der Waals surface area contributed by atoms with Crippen molar-refractivity contribution >= 4 is 28.8 Å². The summed E-state index contributed by atoms with van der Waals surface area (Å²) >= 11 is 0. The van der Waals surface area contributed by atoms with Crippen LogP contribution in [0.3, 0.4) is 0 Å². The maximum absolute atomic E-state index is 13.4. The number of amides is 2. The number of halogens is 1. The lowest BCUT2D eigenvalue weighted by atomic mass is 10.0. The van der Waals surface area contributed by atoms with Crippen molar-refractivity contribution in [2.75, 3.05) is 23.9 Å². The van der Waals surface area contributed by atoms with Crippen molar-refractivity contribution in [1.82, 2.24) is 0 Å². The number of imide groups is 1. The number of carbonyl (C=O) groups excluding carboxylic acids is 2. The minimum absolute atomic E-state index is 0.123. The Morgan fingerprint density at radius 3 is 2.28 bits per heavy atom. The number of carbonyl (C=O) groups is 2. The molecule has 0 spiro atoms. The van der Waals surface area contributed by atoms with E-state index in [4.69, 9.17) is 9.47 Å². The molecule has 1 N–H and O–H groups in total. The summed E-state index contributed by atoms with van der Waals surface area (Å²) in [6, 6.07) is 19.2. The molecule has 7 heteroatoms. The molecule has 1 aliphatic rings. The van der Waals surface area contributed by atoms with Gasteiger partial charge in [-0.15, -0.1) is 0 Å². The van der Waals surface area contributed by atoms with E-state index in [2.05, 4.69) is 5.32 Å². The normalized spacial score (nSPS) is 13.5. The van der Waals surface area contributed by atoms with Gasteiger partial charge in [0, 0.05) is 11.8 Å². The van der Waals surface area contributed by atoms with Crippen LogP contribution in [0.15, 0.2) is 78.5 Å². The molecule has 3 aromatic rings. The third kappa shape index (κ3) is 4.05. The highest BCUT2D eigenvalue weighted by Gasteiger charge is 2.40. The highest BCUT2D eigenvalue weighted by molar-refractivity contribution is 6.46. The third-order valence-electron chi connectivity index (χ3n) is 4.96. The smallest absolute Gasteiger partial charge is 0.282 e. The summed E-state index contributed by atoms with van der Waals surface area (Å²) in [7, 11) is 1.55. The van der Waals surface area contributed by atoms with Crippen LogP contribution in [0.25, 0.3) is 5.57 Å². The summed E-state index contributed by atoms with van der Waals surface area (Å²) in [5.41, 5.74) is 1.77. The average Bonchev–Trinajstić information content (AvgIpc) is 3.04. The number of hydrogen-bond acceptors (Lipinski definition) is 5. The molecule has 0 aliphatic carbocycles. The topological polar surface area (TPSA) is 67.9 Å². The van der Waals surface area contributed by atoms with E-state index in [1.165, 1.54) is 24.3 Å².